The number of hydrogen-bond acceptors (Lipinski definition) is 3. The molecule has 17 heavy (non-hydrogen) atoms. The van der Waals surface area contributed by atoms with Crippen molar-refractivity contribution < 1.29 is 4.42 Å². The predicted molar refractivity (Wildman–Crippen MR) is 71.9 cm³/mol. The van der Waals surface area contributed by atoms with Crippen LogP contribution in [0, 0.1) is 0 Å². The van der Waals surface area contributed by atoms with E-state index >= 15 is 0 Å². The topological polar surface area (TPSA) is 28.4 Å². The largest absolute Gasteiger partial charge is 0.468 e. The van der Waals surface area contributed by atoms with Gasteiger partial charge >= 0.3 is 0 Å². The Morgan fingerprint density at radius 1 is 1.29 bits per heavy atom. The van der Waals surface area contributed by atoms with E-state index in [0.29, 0.717) is 12.1 Å². The van der Waals surface area contributed by atoms with E-state index in [1.54, 1.807) is 0 Å². The second kappa shape index (κ2) is 6.82. The third-order valence-corrected chi connectivity index (χ3v) is 2.92. The van der Waals surface area contributed by atoms with Crippen LogP contribution >= 0.6 is 0 Å². The number of hydrogen-bond donors (Lipinski definition) is 1. The van der Waals surface area contributed by atoms with Crippen molar-refractivity contribution in [3.05, 3.63) is 23.7 Å². The first-order valence-corrected chi connectivity index (χ1v) is 6.56. The maximum atomic E-state index is 5.60. The molecule has 1 N–H and O–H groups in total. The van der Waals surface area contributed by atoms with Crippen molar-refractivity contribution in [3.63, 3.8) is 0 Å². The summed E-state index contributed by atoms with van der Waals surface area (Å²) in [6.45, 7) is 13.8. The molecule has 1 aromatic heterocycles. The van der Waals surface area contributed by atoms with Crippen LogP contribution in [0.3, 0.4) is 0 Å². The van der Waals surface area contributed by atoms with Gasteiger partial charge in [-0.2, -0.15) is 0 Å². The van der Waals surface area contributed by atoms with E-state index in [9.17, 15) is 0 Å². The Balaban J connectivity index is 2.50. The summed E-state index contributed by atoms with van der Waals surface area (Å²) < 4.78 is 5.60. The normalized spacial score (nSPS) is 12.0. The summed E-state index contributed by atoms with van der Waals surface area (Å²) in [4.78, 5) is 2.39. The fourth-order valence-corrected chi connectivity index (χ4v) is 1.78. The number of furan rings is 1. The molecule has 0 aliphatic heterocycles. The van der Waals surface area contributed by atoms with Crippen LogP contribution in [0.1, 0.15) is 45.9 Å². The lowest BCUT2D eigenvalue weighted by molar-refractivity contribution is 0.207. The number of nitrogens with one attached hydrogen (secondary N) is 1. The standard InChI is InChI=1S/C14H26N2O/c1-6-16(12(4)5)9-14-7-13(10-17-14)8-15-11(2)3/h7,10-12,15H,6,8-9H2,1-5H3. The summed E-state index contributed by atoms with van der Waals surface area (Å²) in [6.07, 6.45) is 1.86. The van der Waals surface area contributed by atoms with Gasteiger partial charge in [0.2, 0.25) is 0 Å². The third-order valence-electron chi connectivity index (χ3n) is 2.92. The molecule has 1 heterocycles. The first-order chi connectivity index (χ1) is 8.02. The lowest BCUT2D eigenvalue weighted by Gasteiger charge is -2.23. The molecule has 0 aliphatic carbocycles. The number of rotatable bonds is 7. The average molecular weight is 238 g/mol. The Labute approximate surface area is 105 Å². The molecule has 0 saturated carbocycles. The fourth-order valence-electron chi connectivity index (χ4n) is 1.78. The molecule has 0 radical (unpaired) electrons. The SMILES string of the molecule is CCN(Cc1cc(CNC(C)C)co1)C(C)C. The Kier molecular flexibility index (Phi) is 5.72. The summed E-state index contributed by atoms with van der Waals surface area (Å²) in [5.74, 6) is 1.06. The van der Waals surface area contributed by atoms with Crippen LogP contribution in [-0.4, -0.2) is 23.5 Å². The summed E-state index contributed by atoms with van der Waals surface area (Å²) in [5.41, 5.74) is 1.23. The van der Waals surface area contributed by atoms with Crippen molar-refractivity contribution in [1.82, 2.24) is 10.2 Å². The molecule has 0 spiro atoms. The van der Waals surface area contributed by atoms with Crippen molar-refractivity contribution in [2.75, 3.05) is 6.54 Å². The van der Waals surface area contributed by atoms with E-state index in [-0.39, 0.29) is 0 Å². The van der Waals surface area contributed by atoms with Gasteiger partial charge in [0.25, 0.3) is 0 Å². The molecule has 0 aliphatic rings. The quantitative estimate of drug-likeness (QED) is 0.791. The highest BCUT2D eigenvalue weighted by Gasteiger charge is 2.10. The molecule has 0 bridgehead atoms. The molecule has 0 amide bonds. The lowest BCUT2D eigenvalue weighted by atomic mass is 10.2. The molecule has 0 unspecified atom stereocenters. The van der Waals surface area contributed by atoms with Gasteiger partial charge in [-0.3, -0.25) is 4.90 Å². The Morgan fingerprint density at radius 3 is 2.53 bits per heavy atom. The third kappa shape index (κ3) is 4.92. The smallest absolute Gasteiger partial charge is 0.118 e. The zero-order valence-electron chi connectivity index (χ0n) is 11.8. The van der Waals surface area contributed by atoms with Gasteiger partial charge in [-0.25, -0.2) is 0 Å². The molecule has 1 rings (SSSR count). The summed E-state index contributed by atoms with van der Waals surface area (Å²) >= 11 is 0. The molecule has 3 nitrogen and oxygen atoms in total. The Bertz CT molecular complexity index is 318. The molecule has 1 aromatic rings. The monoisotopic (exact) mass is 238 g/mol. The first-order valence-electron chi connectivity index (χ1n) is 6.56. The van der Waals surface area contributed by atoms with E-state index in [0.717, 1.165) is 25.4 Å². The minimum absolute atomic E-state index is 0.510. The predicted octanol–water partition coefficient (Wildman–Crippen LogP) is 3.01. The van der Waals surface area contributed by atoms with Gasteiger partial charge in [-0.05, 0) is 26.5 Å². The maximum absolute atomic E-state index is 5.60. The highest BCUT2D eigenvalue weighted by atomic mass is 16.3. The van der Waals surface area contributed by atoms with Crippen LogP contribution in [0.25, 0.3) is 0 Å². The second-order valence-electron chi connectivity index (χ2n) is 5.11. The molecule has 98 valence electrons. The van der Waals surface area contributed by atoms with Crippen LogP contribution in [0.5, 0.6) is 0 Å². The summed E-state index contributed by atoms with van der Waals surface area (Å²) in [7, 11) is 0. The van der Waals surface area contributed by atoms with Crippen LogP contribution in [-0.2, 0) is 13.1 Å². The second-order valence-corrected chi connectivity index (χ2v) is 5.11. The summed E-state index contributed by atoms with van der Waals surface area (Å²) in [6, 6.07) is 3.22. The van der Waals surface area contributed by atoms with E-state index in [1.807, 2.05) is 6.26 Å². The molecule has 0 saturated heterocycles. The van der Waals surface area contributed by atoms with Crippen molar-refractivity contribution in [3.8, 4) is 0 Å². The van der Waals surface area contributed by atoms with Gasteiger partial charge in [-0.15, -0.1) is 0 Å². The zero-order chi connectivity index (χ0) is 12.8. The Morgan fingerprint density at radius 2 is 2.00 bits per heavy atom. The van der Waals surface area contributed by atoms with Crippen LogP contribution in [0.15, 0.2) is 16.7 Å². The fraction of sp³-hybridized carbons (Fsp3) is 0.714. The summed E-state index contributed by atoms with van der Waals surface area (Å²) in [5, 5.41) is 3.39. The molecule has 0 fully saturated rings. The highest BCUT2D eigenvalue weighted by molar-refractivity contribution is 5.12. The molecule has 0 atom stereocenters. The van der Waals surface area contributed by atoms with Gasteiger partial charge in [-0.1, -0.05) is 20.8 Å². The average Bonchev–Trinajstić information content (AvgIpc) is 2.70. The van der Waals surface area contributed by atoms with Crippen molar-refractivity contribution in [1.29, 1.82) is 0 Å². The van der Waals surface area contributed by atoms with Gasteiger partial charge in [0, 0.05) is 24.2 Å². The lowest BCUT2D eigenvalue weighted by Crippen LogP contribution is -2.29. The van der Waals surface area contributed by atoms with E-state index in [4.69, 9.17) is 4.42 Å². The minimum atomic E-state index is 0.510. The van der Waals surface area contributed by atoms with Crippen molar-refractivity contribution >= 4 is 0 Å². The Hall–Kier alpha value is -0.800. The molecular formula is C14H26N2O. The van der Waals surface area contributed by atoms with Gasteiger partial charge < -0.3 is 9.73 Å². The van der Waals surface area contributed by atoms with Crippen LogP contribution in [0.4, 0.5) is 0 Å². The van der Waals surface area contributed by atoms with E-state index < -0.39 is 0 Å². The van der Waals surface area contributed by atoms with E-state index in [1.165, 1.54) is 5.56 Å². The molecular weight excluding hydrogens is 212 g/mol. The van der Waals surface area contributed by atoms with Gasteiger partial charge in [0.1, 0.15) is 5.76 Å². The van der Waals surface area contributed by atoms with Crippen molar-refractivity contribution in [2.24, 2.45) is 0 Å². The van der Waals surface area contributed by atoms with Crippen LogP contribution in [0.2, 0.25) is 0 Å². The number of nitrogens with zero attached hydrogens (tertiary/aromatic N) is 1. The minimum Gasteiger partial charge on any atom is -0.468 e. The van der Waals surface area contributed by atoms with E-state index in [2.05, 4.69) is 50.9 Å². The van der Waals surface area contributed by atoms with Gasteiger partial charge in [0.05, 0.1) is 12.8 Å². The molecule has 3 heteroatoms. The maximum Gasteiger partial charge on any atom is 0.118 e. The highest BCUT2D eigenvalue weighted by Crippen LogP contribution is 2.12. The molecule has 0 aromatic carbocycles. The zero-order valence-corrected chi connectivity index (χ0v) is 11.8. The van der Waals surface area contributed by atoms with Crippen LogP contribution < -0.4 is 5.32 Å². The first kappa shape index (κ1) is 14.3. The van der Waals surface area contributed by atoms with Crippen molar-refractivity contribution in [2.45, 2.75) is 59.8 Å². The van der Waals surface area contributed by atoms with Gasteiger partial charge in [0.15, 0.2) is 0 Å².